The summed E-state index contributed by atoms with van der Waals surface area (Å²) in [5.41, 5.74) is 2.82. The van der Waals surface area contributed by atoms with Gasteiger partial charge in [-0.1, -0.05) is 6.07 Å². The molecule has 3 fully saturated rings. The summed E-state index contributed by atoms with van der Waals surface area (Å²) in [6, 6.07) is 11.8. The Balaban J connectivity index is 0.988. The van der Waals surface area contributed by atoms with Crippen LogP contribution < -0.4 is 19.7 Å². The molecule has 2 unspecified atom stereocenters. The van der Waals surface area contributed by atoms with Crippen molar-refractivity contribution in [3.05, 3.63) is 47.8 Å². The average molecular weight is 426 g/mol. The van der Waals surface area contributed by atoms with Crippen molar-refractivity contribution in [3.8, 4) is 11.5 Å². The van der Waals surface area contributed by atoms with E-state index in [0.29, 0.717) is 31.6 Å². The van der Waals surface area contributed by atoms with Crippen LogP contribution in [0, 0.1) is 23.6 Å². The molecule has 3 heterocycles. The minimum absolute atomic E-state index is 0.155. The van der Waals surface area contributed by atoms with Crippen LogP contribution in [0.1, 0.15) is 5.56 Å². The van der Waals surface area contributed by atoms with Crippen molar-refractivity contribution in [2.45, 2.75) is 6.54 Å². The second kappa shape index (κ2) is 7.88. The number of fused-ring (bicyclic) bond motifs is 2. The van der Waals surface area contributed by atoms with Crippen LogP contribution in [0.4, 0.5) is 15.8 Å². The number of benzene rings is 2. The molecule has 0 bridgehead atoms. The number of rotatable bonds is 6. The van der Waals surface area contributed by atoms with Gasteiger partial charge in [-0.3, -0.25) is 4.90 Å². The number of nitrogens with one attached hydrogen (secondary N) is 1. The molecule has 31 heavy (non-hydrogen) atoms. The van der Waals surface area contributed by atoms with Gasteiger partial charge >= 0.3 is 0 Å². The van der Waals surface area contributed by atoms with Crippen LogP contribution in [0.25, 0.3) is 0 Å². The summed E-state index contributed by atoms with van der Waals surface area (Å²) >= 11 is 0. The number of likely N-dealkylation sites (tertiary alicyclic amines) is 1. The second-order valence-electron chi connectivity index (χ2n) is 9.02. The van der Waals surface area contributed by atoms with E-state index >= 15 is 0 Å². The van der Waals surface area contributed by atoms with Gasteiger partial charge in [0.2, 0.25) is 6.79 Å². The van der Waals surface area contributed by atoms with Crippen molar-refractivity contribution in [1.82, 2.24) is 4.90 Å². The van der Waals surface area contributed by atoms with E-state index in [2.05, 4.69) is 27.2 Å². The predicted octanol–water partition coefficient (Wildman–Crippen LogP) is 3.18. The van der Waals surface area contributed by atoms with Crippen molar-refractivity contribution in [2.24, 2.45) is 17.8 Å². The van der Waals surface area contributed by atoms with Gasteiger partial charge in [-0.25, -0.2) is 4.39 Å². The van der Waals surface area contributed by atoms with Crippen molar-refractivity contribution in [1.29, 1.82) is 0 Å². The molecule has 6 rings (SSSR count). The highest BCUT2D eigenvalue weighted by Crippen LogP contribution is 2.52. The van der Waals surface area contributed by atoms with Crippen LogP contribution in [0.3, 0.4) is 0 Å². The summed E-state index contributed by atoms with van der Waals surface area (Å²) in [4.78, 5) is 4.59. The Hall–Kier alpha value is -2.51. The molecule has 2 atom stereocenters. The van der Waals surface area contributed by atoms with E-state index in [0.717, 1.165) is 68.3 Å². The van der Waals surface area contributed by atoms with Gasteiger partial charge in [0.05, 0.1) is 18.9 Å². The van der Waals surface area contributed by atoms with E-state index in [1.807, 2.05) is 18.2 Å². The molecule has 1 saturated carbocycles. The molecule has 0 aromatic heterocycles. The maximum Gasteiger partial charge on any atom is 0.231 e. The summed E-state index contributed by atoms with van der Waals surface area (Å²) in [6.45, 7) is 7.29. The Morgan fingerprint density at radius 3 is 2.58 bits per heavy atom. The summed E-state index contributed by atoms with van der Waals surface area (Å²) in [7, 11) is 0. The Morgan fingerprint density at radius 1 is 0.968 bits per heavy atom. The molecule has 1 aliphatic carbocycles. The fourth-order valence-electron chi connectivity index (χ4n) is 5.38. The number of piperidine rings is 1. The number of nitrogens with zero attached hydrogens (tertiary/aromatic N) is 2. The lowest BCUT2D eigenvalue weighted by atomic mass is 10.1. The minimum Gasteiger partial charge on any atom is -0.454 e. The van der Waals surface area contributed by atoms with Crippen molar-refractivity contribution < 1.29 is 18.6 Å². The number of hydrogen-bond donors (Lipinski definition) is 1. The third-order valence-electron chi connectivity index (χ3n) is 7.13. The zero-order chi connectivity index (χ0) is 20.8. The molecule has 2 aromatic carbocycles. The zero-order valence-corrected chi connectivity index (χ0v) is 17.6. The van der Waals surface area contributed by atoms with Crippen LogP contribution in [0.2, 0.25) is 0 Å². The Morgan fingerprint density at radius 2 is 1.77 bits per heavy atom. The molecular formula is C24H28FN3O3. The van der Waals surface area contributed by atoms with Crippen LogP contribution in [-0.2, 0) is 11.3 Å². The first-order valence-electron chi connectivity index (χ1n) is 11.2. The first kappa shape index (κ1) is 19.2. The highest BCUT2D eigenvalue weighted by atomic mass is 19.1. The lowest BCUT2D eigenvalue weighted by molar-refractivity contribution is 0.122. The van der Waals surface area contributed by atoms with Gasteiger partial charge in [0.25, 0.3) is 0 Å². The number of anilines is 2. The summed E-state index contributed by atoms with van der Waals surface area (Å²) < 4.78 is 30.8. The van der Waals surface area contributed by atoms with Crippen molar-refractivity contribution in [3.63, 3.8) is 0 Å². The van der Waals surface area contributed by atoms with Gasteiger partial charge in [0.15, 0.2) is 11.5 Å². The van der Waals surface area contributed by atoms with Gasteiger partial charge in [-0.2, -0.15) is 0 Å². The van der Waals surface area contributed by atoms with Crippen LogP contribution in [0.15, 0.2) is 36.4 Å². The molecule has 0 radical (unpaired) electrons. The van der Waals surface area contributed by atoms with Crippen molar-refractivity contribution >= 4 is 11.4 Å². The maximum atomic E-state index is 14.6. The highest BCUT2D eigenvalue weighted by molar-refractivity contribution is 5.56. The van der Waals surface area contributed by atoms with E-state index in [9.17, 15) is 4.39 Å². The van der Waals surface area contributed by atoms with Gasteiger partial charge in [-0.05, 0) is 53.6 Å². The lowest BCUT2D eigenvalue weighted by Crippen LogP contribution is -2.36. The van der Waals surface area contributed by atoms with Crippen molar-refractivity contribution in [2.75, 3.05) is 62.9 Å². The molecule has 164 valence electrons. The third-order valence-corrected chi connectivity index (χ3v) is 7.13. The smallest absolute Gasteiger partial charge is 0.231 e. The standard InChI is InChI=1S/C24H28FN3O3/c25-21-10-17(2-3-22(21)28-5-7-29-8-6-28)26-11-18-19-13-27(14-20(18)19)12-16-1-4-23-24(9-16)31-15-30-23/h1-4,9-10,18-20,26H,5-8,11-15H2. The van der Waals surface area contributed by atoms with Crippen LogP contribution in [-0.4, -0.2) is 57.6 Å². The van der Waals surface area contributed by atoms with Gasteiger partial charge in [0.1, 0.15) is 5.82 Å². The monoisotopic (exact) mass is 425 g/mol. The fourth-order valence-corrected chi connectivity index (χ4v) is 5.38. The Kier molecular flexibility index (Phi) is 4.88. The Bertz CT molecular complexity index is 953. The summed E-state index contributed by atoms with van der Waals surface area (Å²) in [5, 5.41) is 3.47. The van der Waals surface area contributed by atoms with E-state index < -0.39 is 0 Å². The molecule has 3 aliphatic heterocycles. The number of morpholine rings is 1. The SMILES string of the molecule is Fc1cc(NCC2C3CN(Cc4ccc5c(c4)OCO5)CC23)ccc1N1CCOCC1. The number of ether oxygens (including phenoxy) is 3. The molecule has 0 amide bonds. The zero-order valence-electron chi connectivity index (χ0n) is 17.6. The average Bonchev–Trinajstić information content (AvgIpc) is 3.12. The number of hydrogen-bond acceptors (Lipinski definition) is 6. The van der Waals surface area contributed by atoms with Gasteiger partial charge < -0.3 is 24.4 Å². The van der Waals surface area contributed by atoms with E-state index in [-0.39, 0.29) is 5.82 Å². The molecule has 2 aromatic rings. The van der Waals surface area contributed by atoms with Gasteiger partial charge in [0, 0.05) is 45.0 Å². The normalized spacial score (nSPS) is 26.7. The molecule has 1 N–H and O–H groups in total. The molecular weight excluding hydrogens is 397 g/mol. The van der Waals surface area contributed by atoms with E-state index in [4.69, 9.17) is 14.2 Å². The summed E-state index contributed by atoms with van der Waals surface area (Å²) in [6.07, 6.45) is 0. The van der Waals surface area contributed by atoms with E-state index in [1.165, 1.54) is 5.56 Å². The fraction of sp³-hybridized carbons (Fsp3) is 0.500. The number of halogens is 1. The molecule has 4 aliphatic rings. The first-order chi connectivity index (χ1) is 15.2. The highest BCUT2D eigenvalue weighted by Gasteiger charge is 2.54. The molecule has 7 heteroatoms. The predicted molar refractivity (Wildman–Crippen MR) is 116 cm³/mol. The Labute approximate surface area is 181 Å². The second-order valence-corrected chi connectivity index (χ2v) is 9.02. The molecule has 2 saturated heterocycles. The quantitative estimate of drug-likeness (QED) is 0.767. The largest absolute Gasteiger partial charge is 0.454 e. The molecule has 6 nitrogen and oxygen atoms in total. The van der Waals surface area contributed by atoms with Crippen LogP contribution in [0.5, 0.6) is 11.5 Å². The molecule has 0 spiro atoms. The lowest BCUT2D eigenvalue weighted by Gasteiger charge is -2.29. The van der Waals surface area contributed by atoms with Gasteiger partial charge in [-0.15, -0.1) is 0 Å². The minimum atomic E-state index is -0.155. The topological polar surface area (TPSA) is 46.2 Å². The van der Waals surface area contributed by atoms with E-state index in [1.54, 1.807) is 6.07 Å². The maximum absolute atomic E-state index is 14.6. The summed E-state index contributed by atoms with van der Waals surface area (Å²) in [5.74, 6) is 3.73. The van der Waals surface area contributed by atoms with Crippen LogP contribution >= 0.6 is 0 Å². The third kappa shape index (κ3) is 3.81. The first-order valence-corrected chi connectivity index (χ1v) is 11.2.